The number of carbonyl (C=O) groups is 1. The first-order chi connectivity index (χ1) is 9.13. The number of unbranched alkanes of at least 4 members (excludes halogenated alkanes) is 1. The monoisotopic (exact) mass is 284 g/mol. The average Bonchev–Trinajstić information content (AvgIpc) is 2.37. The van der Waals surface area contributed by atoms with E-state index in [1.165, 1.54) is 0 Å². The van der Waals surface area contributed by atoms with Crippen molar-refractivity contribution in [2.75, 3.05) is 13.2 Å². The minimum absolute atomic E-state index is 0.148. The van der Waals surface area contributed by atoms with Crippen LogP contribution in [0.3, 0.4) is 0 Å². The summed E-state index contributed by atoms with van der Waals surface area (Å²) in [5, 5.41) is 0.698. The van der Waals surface area contributed by atoms with Gasteiger partial charge in [0, 0.05) is 11.4 Å². The van der Waals surface area contributed by atoms with Crippen molar-refractivity contribution in [3.63, 3.8) is 0 Å². The molecular formula is C15H21ClO3. The van der Waals surface area contributed by atoms with Crippen LogP contribution >= 0.6 is 11.6 Å². The van der Waals surface area contributed by atoms with Crippen molar-refractivity contribution in [2.24, 2.45) is 0 Å². The molecule has 0 bridgehead atoms. The molecule has 1 rings (SSSR count). The Balaban J connectivity index is 2.18. The molecule has 106 valence electrons. The molecule has 19 heavy (non-hydrogen) atoms. The molecule has 0 fully saturated rings. The quantitative estimate of drug-likeness (QED) is 0.531. The van der Waals surface area contributed by atoms with Crippen molar-refractivity contribution in [3.05, 3.63) is 28.8 Å². The van der Waals surface area contributed by atoms with Gasteiger partial charge >= 0.3 is 5.97 Å². The van der Waals surface area contributed by atoms with Gasteiger partial charge in [-0.25, -0.2) is 0 Å². The van der Waals surface area contributed by atoms with Crippen LogP contribution in [0.25, 0.3) is 0 Å². The molecule has 4 heteroatoms. The van der Waals surface area contributed by atoms with Crippen LogP contribution < -0.4 is 4.74 Å². The van der Waals surface area contributed by atoms with Gasteiger partial charge in [-0.1, -0.05) is 24.9 Å². The predicted octanol–water partition coefficient (Wildman–Crippen LogP) is 4.15. The molecule has 0 N–H and O–H groups in total. The smallest absolute Gasteiger partial charge is 0.305 e. The van der Waals surface area contributed by atoms with Gasteiger partial charge < -0.3 is 9.47 Å². The summed E-state index contributed by atoms with van der Waals surface area (Å²) in [5.41, 5.74) is 0.998. The molecule has 0 saturated heterocycles. The van der Waals surface area contributed by atoms with Crippen molar-refractivity contribution >= 4 is 17.6 Å². The van der Waals surface area contributed by atoms with Crippen LogP contribution in [0, 0.1) is 6.92 Å². The van der Waals surface area contributed by atoms with Gasteiger partial charge in [0.1, 0.15) is 5.75 Å². The van der Waals surface area contributed by atoms with Crippen molar-refractivity contribution < 1.29 is 14.3 Å². The summed E-state index contributed by atoms with van der Waals surface area (Å²) < 4.78 is 10.7. The molecule has 0 aliphatic heterocycles. The first kappa shape index (κ1) is 15.8. The van der Waals surface area contributed by atoms with Crippen LogP contribution in [0.5, 0.6) is 5.75 Å². The summed E-state index contributed by atoms with van der Waals surface area (Å²) in [6, 6.07) is 5.50. The number of esters is 1. The third-order valence-electron chi connectivity index (χ3n) is 2.68. The molecule has 1 aromatic carbocycles. The van der Waals surface area contributed by atoms with Crippen LogP contribution in [-0.2, 0) is 9.53 Å². The summed E-state index contributed by atoms with van der Waals surface area (Å²) in [6.45, 7) is 5.04. The zero-order valence-electron chi connectivity index (χ0n) is 11.6. The van der Waals surface area contributed by atoms with Gasteiger partial charge in [0.25, 0.3) is 0 Å². The van der Waals surface area contributed by atoms with Crippen molar-refractivity contribution in [3.8, 4) is 5.75 Å². The summed E-state index contributed by atoms with van der Waals surface area (Å²) in [6.07, 6.45) is 3.02. The maximum atomic E-state index is 11.3. The second kappa shape index (κ2) is 8.81. The third-order valence-corrected chi connectivity index (χ3v) is 2.92. The summed E-state index contributed by atoms with van der Waals surface area (Å²) in [7, 11) is 0. The van der Waals surface area contributed by atoms with E-state index < -0.39 is 0 Å². The molecule has 0 unspecified atom stereocenters. The number of ether oxygens (including phenoxy) is 2. The average molecular weight is 285 g/mol. The van der Waals surface area contributed by atoms with Gasteiger partial charge in [0.15, 0.2) is 0 Å². The van der Waals surface area contributed by atoms with E-state index in [0.29, 0.717) is 31.1 Å². The highest BCUT2D eigenvalue weighted by Gasteiger charge is 2.04. The van der Waals surface area contributed by atoms with Gasteiger partial charge in [-0.15, -0.1) is 0 Å². The first-order valence-corrected chi connectivity index (χ1v) is 7.06. The van der Waals surface area contributed by atoms with Crippen LogP contribution in [0.4, 0.5) is 0 Å². The Hall–Kier alpha value is -1.22. The molecule has 0 aliphatic rings. The lowest BCUT2D eigenvalue weighted by Crippen LogP contribution is -2.08. The van der Waals surface area contributed by atoms with E-state index in [1.54, 1.807) is 6.07 Å². The number of hydrogen-bond acceptors (Lipinski definition) is 3. The summed E-state index contributed by atoms with van der Waals surface area (Å²) >= 11 is 5.86. The fourth-order valence-electron chi connectivity index (χ4n) is 1.58. The summed E-state index contributed by atoms with van der Waals surface area (Å²) in [4.78, 5) is 11.3. The lowest BCUT2D eigenvalue weighted by molar-refractivity contribution is -0.144. The molecule has 0 amide bonds. The van der Waals surface area contributed by atoms with Gasteiger partial charge in [0.05, 0.1) is 13.2 Å². The van der Waals surface area contributed by atoms with E-state index in [2.05, 4.69) is 6.92 Å². The third kappa shape index (κ3) is 6.48. The van der Waals surface area contributed by atoms with Crippen molar-refractivity contribution in [1.82, 2.24) is 0 Å². The predicted molar refractivity (Wildman–Crippen MR) is 76.8 cm³/mol. The molecule has 3 nitrogen and oxygen atoms in total. The molecule has 0 radical (unpaired) electrons. The van der Waals surface area contributed by atoms with Crippen LogP contribution in [0.15, 0.2) is 18.2 Å². The number of halogens is 1. The Morgan fingerprint density at radius 2 is 2.05 bits per heavy atom. The highest BCUT2D eigenvalue weighted by molar-refractivity contribution is 6.30. The Kier molecular flexibility index (Phi) is 7.34. The SMILES string of the molecule is CCCCOC(=O)CCCOc1ccc(Cl)cc1C. The summed E-state index contributed by atoms with van der Waals surface area (Å²) in [5.74, 6) is 0.661. The number of carbonyl (C=O) groups excluding carboxylic acids is 1. The molecule has 0 atom stereocenters. The van der Waals surface area contributed by atoms with E-state index in [-0.39, 0.29) is 5.97 Å². The standard InChI is InChI=1S/C15H21ClO3/c1-3-4-9-19-15(17)6-5-10-18-14-8-7-13(16)11-12(14)2/h7-8,11H,3-6,9-10H2,1-2H3. The van der Waals surface area contributed by atoms with Crippen LogP contribution in [0.2, 0.25) is 5.02 Å². The second-order valence-electron chi connectivity index (χ2n) is 4.44. The van der Waals surface area contributed by atoms with Gasteiger partial charge in [0.2, 0.25) is 0 Å². The molecule has 0 aliphatic carbocycles. The van der Waals surface area contributed by atoms with E-state index in [4.69, 9.17) is 21.1 Å². The highest BCUT2D eigenvalue weighted by Crippen LogP contribution is 2.21. The normalized spacial score (nSPS) is 10.3. The van der Waals surface area contributed by atoms with E-state index in [9.17, 15) is 4.79 Å². The lowest BCUT2D eigenvalue weighted by Gasteiger charge is -2.09. The lowest BCUT2D eigenvalue weighted by atomic mass is 10.2. The number of rotatable bonds is 8. The number of hydrogen-bond donors (Lipinski definition) is 0. The maximum Gasteiger partial charge on any atom is 0.305 e. The number of aryl methyl sites for hydroxylation is 1. The largest absolute Gasteiger partial charge is 0.493 e. The van der Waals surface area contributed by atoms with E-state index in [1.807, 2.05) is 19.1 Å². The Bertz CT molecular complexity index is 404. The fourth-order valence-corrected chi connectivity index (χ4v) is 1.80. The molecule has 0 saturated carbocycles. The second-order valence-corrected chi connectivity index (χ2v) is 4.87. The maximum absolute atomic E-state index is 11.3. The first-order valence-electron chi connectivity index (χ1n) is 6.68. The van der Waals surface area contributed by atoms with Gasteiger partial charge in [-0.2, -0.15) is 0 Å². The number of benzene rings is 1. The minimum Gasteiger partial charge on any atom is -0.493 e. The molecule has 0 spiro atoms. The minimum atomic E-state index is -0.148. The molecule has 0 heterocycles. The Morgan fingerprint density at radius 3 is 2.74 bits per heavy atom. The topological polar surface area (TPSA) is 35.5 Å². The zero-order chi connectivity index (χ0) is 14.1. The van der Waals surface area contributed by atoms with Crippen molar-refractivity contribution in [1.29, 1.82) is 0 Å². The van der Waals surface area contributed by atoms with E-state index in [0.717, 1.165) is 24.2 Å². The zero-order valence-corrected chi connectivity index (χ0v) is 12.3. The molecule has 1 aromatic rings. The van der Waals surface area contributed by atoms with Crippen LogP contribution in [0.1, 0.15) is 38.2 Å². The van der Waals surface area contributed by atoms with Crippen LogP contribution in [-0.4, -0.2) is 19.2 Å². The van der Waals surface area contributed by atoms with Crippen molar-refractivity contribution in [2.45, 2.75) is 39.5 Å². The fraction of sp³-hybridized carbons (Fsp3) is 0.533. The highest BCUT2D eigenvalue weighted by atomic mass is 35.5. The van der Waals surface area contributed by atoms with E-state index >= 15 is 0 Å². The Morgan fingerprint density at radius 1 is 1.26 bits per heavy atom. The van der Waals surface area contributed by atoms with Gasteiger partial charge in [-0.3, -0.25) is 4.79 Å². The van der Waals surface area contributed by atoms with Gasteiger partial charge in [-0.05, 0) is 43.5 Å². The molecular weight excluding hydrogens is 264 g/mol. The Labute approximate surface area is 119 Å². The molecule has 0 aromatic heterocycles.